The summed E-state index contributed by atoms with van der Waals surface area (Å²) in [5.74, 6) is 0.694. The Morgan fingerprint density at radius 3 is 2.67 bits per heavy atom. The molecule has 0 saturated carbocycles. The van der Waals surface area contributed by atoms with Crippen molar-refractivity contribution in [1.82, 2.24) is 0 Å². The molecule has 0 spiro atoms. The van der Waals surface area contributed by atoms with Gasteiger partial charge >= 0.3 is 5.97 Å². The van der Waals surface area contributed by atoms with E-state index in [1.807, 2.05) is 0 Å². The van der Waals surface area contributed by atoms with E-state index >= 15 is 0 Å². The van der Waals surface area contributed by atoms with Crippen LogP contribution in [0.5, 0.6) is 17.2 Å². The molecule has 18 heavy (non-hydrogen) atoms. The van der Waals surface area contributed by atoms with Crippen molar-refractivity contribution in [2.45, 2.75) is 13.0 Å². The summed E-state index contributed by atoms with van der Waals surface area (Å²) in [6, 6.07) is 3.03. The van der Waals surface area contributed by atoms with Gasteiger partial charge in [-0.2, -0.15) is 0 Å². The first-order valence-corrected chi connectivity index (χ1v) is 5.29. The highest BCUT2D eigenvalue weighted by molar-refractivity contribution is 5.82. The van der Waals surface area contributed by atoms with Crippen LogP contribution in [0.3, 0.4) is 0 Å². The van der Waals surface area contributed by atoms with Crippen LogP contribution in [-0.4, -0.2) is 32.3 Å². The van der Waals surface area contributed by atoms with Gasteiger partial charge in [0.25, 0.3) is 0 Å². The molecule has 1 aromatic rings. The van der Waals surface area contributed by atoms with Crippen LogP contribution in [0.25, 0.3) is 0 Å². The van der Waals surface area contributed by atoms with Crippen molar-refractivity contribution in [3.63, 3.8) is 0 Å². The number of ether oxygens (including phenoxy) is 4. The molecule has 0 amide bonds. The predicted octanol–water partition coefficient (Wildman–Crippen LogP) is 1.17. The van der Waals surface area contributed by atoms with Crippen LogP contribution >= 0.6 is 0 Å². The number of esters is 1. The predicted molar refractivity (Wildman–Crippen MR) is 60.1 cm³/mol. The molecule has 1 aromatic carbocycles. The fourth-order valence-corrected chi connectivity index (χ4v) is 1.54. The summed E-state index contributed by atoms with van der Waals surface area (Å²) in [5.41, 5.74) is 0.287. The average Bonchev–Trinajstić information content (AvgIpc) is 2.83. The molecule has 0 bridgehead atoms. The Morgan fingerprint density at radius 1 is 1.39 bits per heavy atom. The monoisotopic (exact) mass is 252 g/mol. The van der Waals surface area contributed by atoms with Gasteiger partial charge in [0.1, 0.15) is 5.75 Å². The van der Waals surface area contributed by atoms with E-state index in [0.29, 0.717) is 17.8 Å². The molecule has 0 radical (unpaired) electrons. The third-order valence-corrected chi connectivity index (χ3v) is 2.47. The van der Waals surface area contributed by atoms with Crippen LogP contribution in [0, 0.1) is 0 Å². The number of methoxy groups -OCH3 is 1. The van der Waals surface area contributed by atoms with Gasteiger partial charge < -0.3 is 18.9 Å². The van der Waals surface area contributed by atoms with Crippen molar-refractivity contribution in [1.29, 1.82) is 0 Å². The molecular formula is C12H12O6. The fourth-order valence-electron chi connectivity index (χ4n) is 1.54. The Morgan fingerprint density at radius 2 is 2.06 bits per heavy atom. The van der Waals surface area contributed by atoms with Crippen LogP contribution in [-0.2, 0) is 9.53 Å². The molecule has 0 aromatic heterocycles. The summed E-state index contributed by atoms with van der Waals surface area (Å²) in [7, 11) is 1.27. The zero-order chi connectivity index (χ0) is 13.1. The summed E-state index contributed by atoms with van der Waals surface area (Å²) in [6.07, 6.45) is -0.185. The molecule has 0 fully saturated rings. The number of aldehydes is 1. The first kappa shape index (κ1) is 12.2. The van der Waals surface area contributed by atoms with Crippen LogP contribution in [0.2, 0.25) is 0 Å². The van der Waals surface area contributed by atoms with Crippen molar-refractivity contribution in [3.8, 4) is 17.2 Å². The Balaban J connectivity index is 2.27. The smallest absolute Gasteiger partial charge is 0.346 e. The lowest BCUT2D eigenvalue weighted by atomic mass is 10.2. The normalized spacial score (nSPS) is 13.9. The van der Waals surface area contributed by atoms with E-state index in [1.165, 1.54) is 26.2 Å². The largest absolute Gasteiger partial charge is 0.478 e. The highest BCUT2D eigenvalue weighted by Crippen LogP contribution is 2.37. The van der Waals surface area contributed by atoms with Crippen LogP contribution < -0.4 is 14.2 Å². The lowest BCUT2D eigenvalue weighted by Crippen LogP contribution is -2.25. The number of rotatable bonds is 4. The fraction of sp³-hybridized carbons (Fsp3) is 0.333. The zero-order valence-electron chi connectivity index (χ0n) is 9.97. The highest BCUT2D eigenvalue weighted by atomic mass is 16.7. The number of hydrogen-bond acceptors (Lipinski definition) is 6. The summed E-state index contributed by atoms with van der Waals surface area (Å²) >= 11 is 0. The van der Waals surface area contributed by atoms with E-state index in [9.17, 15) is 9.59 Å². The molecule has 1 aliphatic rings. The molecule has 0 aliphatic carbocycles. The summed E-state index contributed by atoms with van der Waals surface area (Å²) in [4.78, 5) is 22.2. The van der Waals surface area contributed by atoms with Gasteiger partial charge in [-0.3, -0.25) is 4.79 Å². The second-order valence-electron chi connectivity index (χ2n) is 3.64. The quantitative estimate of drug-likeness (QED) is 0.591. The Labute approximate surface area is 103 Å². The van der Waals surface area contributed by atoms with Gasteiger partial charge in [-0.05, 0) is 13.0 Å². The topological polar surface area (TPSA) is 71.1 Å². The van der Waals surface area contributed by atoms with Crippen molar-refractivity contribution in [2.75, 3.05) is 13.9 Å². The van der Waals surface area contributed by atoms with Gasteiger partial charge in [0, 0.05) is 6.07 Å². The van der Waals surface area contributed by atoms with E-state index in [2.05, 4.69) is 4.74 Å². The minimum atomic E-state index is -0.811. The van der Waals surface area contributed by atoms with Crippen LogP contribution in [0.4, 0.5) is 0 Å². The highest BCUT2D eigenvalue weighted by Gasteiger charge is 2.21. The van der Waals surface area contributed by atoms with Gasteiger partial charge in [-0.1, -0.05) is 0 Å². The summed E-state index contributed by atoms with van der Waals surface area (Å²) in [6.45, 7) is 1.63. The number of fused-ring (bicyclic) bond motifs is 1. The molecule has 6 nitrogen and oxygen atoms in total. The van der Waals surface area contributed by atoms with E-state index in [4.69, 9.17) is 14.2 Å². The van der Waals surface area contributed by atoms with E-state index in [0.717, 1.165) is 0 Å². The van der Waals surface area contributed by atoms with Crippen molar-refractivity contribution in [2.24, 2.45) is 0 Å². The van der Waals surface area contributed by atoms with E-state index < -0.39 is 12.1 Å². The average molecular weight is 252 g/mol. The molecule has 1 heterocycles. The molecule has 2 rings (SSSR count). The molecule has 1 aliphatic heterocycles. The van der Waals surface area contributed by atoms with Crippen molar-refractivity contribution < 1.29 is 28.5 Å². The Hall–Kier alpha value is -2.24. The molecule has 1 unspecified atom stereocenters. The van der Waals surface area contributed by atoms with Crippen molar-refractivity contribution in [3.05, 3.63) is 17.7 Å². The Bertz CT molecular complexity index is 482. The first-order chi connectivity index (χ1) is 8.65. The maximum atomic E-state index is 11.3. The Kier molecular flexibility index (Phi) is 3.36. The summed E-state index contributed by atoms with van der Waals surface area (Å²) < 4.78 is 20.2. The molecule has 0 saturated heterocycles. The van der Waals surface area contributed by atoms with Crippen LogP contribution in [0.1, 0.15) is 17.3 Å². The van der Waals surface area contributed by atoms with Crippen molar-refractivity contribution >= 4 is 12.3 Å². The third-order valence-electron chi connectivity index (χ3n) is 2.47. The van der Waals surface area contributed by atoms with E-state index in [1.54, 1.807) is 0 Å². The SMILES string of the molecule is COC(=O)C(C)Oc1cc2c(cc1C=O)OCO2. The summed E-state index contributed by atoms with van der Waals surface area (Å²) in [5, 5.41) is 0. The minimum Gasteiger partial charge on any atom is -0.478 e. The second kappa shape index (κ2) is 4.95. The van der Waals surface area contributed by atoms with E-state index in [-0.39, 0.29) is 18.1 Å². The number of carbonyl (C=O) groups excluding carboxylic acids is 2. The molecular weight excluding hydrogens is 240 g/mol. The molecule has 0 N–H and O–H groups in total. The van der Waals surface area contributed by atoms with Gasteiger partial charge in [0.05, 0.1) is 12.7 Å². The molecule has 6 heteroatoms. The lowest BCUT2D eigenvalue weighted by molar-refractivity contribution is -0.147. The van der Waals surface area contributed by atoms with Gasteiger partial charge in [-0.25, -0.2) is 4.79 Å². The lowest BCUT2D eigenvalue weighted by Gasteiger charge is -2.14. The third kappa shape index (κ3) is 2.22. The number of benzene rings is 1. The van der Waals surface area contributed by atoms with Gasteiger partial charge in [0.2, 0.25) is 6.79 Å². The van der Waals surface area contributed by atoms with Gasteiger partial charge in [-0.15, -0.1) is 0 Å². The van der Waals surface area contributed by atoms with Crippen LogP contribution in [0.15, 0.2) is 12.1 Å². The zero-order valence-corrected chi connectivity index (χ0v) is 9.97. The minimum absolute atomic E-state index is 0.101. The second-order valence-corrected chi connectivity index (χ2v) is 3.64. The molecule has 1 atom stereocenters. The standard InChI is InChI=1S/C12H12O6/c1-7(12(14)15-2)18-9-4-11-10(16-6-17-11)3-8(9)5-13/h3-5,7H,6H2,1-2H3. The maximum absolute atomic E-state index is 11.3. The molecule has 96 valence electrons. The van der Waals surface area contributed by atoms with Gasteiger partial charge in [0.15, 0.2) is 23.9 Å². The first-order valence-electron chi connectivity index (χ1n) is 5.29. The maximum Gasteiger partial charge on any atom is 0.346 e. The number of carbonyl (C=O) groups is 2. The number of hydrogen-bond donors (Lipinski definition) is 0.